The van der Waals surface area contributed by atoms with Crippen LogP contribution in [0.25, 0.3) is 0 Å². The highest BCUT2D eigenvalue weighted by molar-refractivity contribution is 7.07. The van der Waals surface area contributed by atoms with E-state index in [1.165, 1.54) is 11.1 Å². The molecule has 3 aliphatic heterocycles. The molecule has 1 saturated heterocycles. The Morgan fingerprint density at radius 1 is 1.26 bits per heavy atom. The summed E-state index contributed by atoms with van der Waals surface area (Å²) in [5.41, 5.74) is 8.07. The third kappa shape index (κ3) is 3.37. The van der Waals surface area contributed by atoms with Gasteiger partial charge in [-0.3, -0.25) is 14.7 Å². The molecular formula is C26H33N3OS. The van der Waals surface area contributed by atoms with Gasteiger partial charge in [-0.05, 0) is 71.5 Å². The number of nitrogens with zero attached hydrogens (tertiary/aromatic N) is 2. The van der Waals surface area contributed by atoms with E-state index in [4.69, 9.17) is 10.7 Å². The zero-order chi connectivity index (χ0) is 21.6. The van der Waals surface area contributed by atoms with Gasteiger partial charge >= 0.3 is 0 Å². The molecule has 4 bridgehead atoms. The Morgan fingerprint density at radius 3 is 2.74 bits per heavy atom. The summed E-state index contributed by atoms with van der Waals surface area (Å²) in [5.74, 6) is 0.945. The van der Waals surface area contributed by atoms with E-state index in [1.54, 1.807) is 11.3 Å². The summed E-state index contributed by atoms with van der Waals surface area (Å²) in [6.07, 6.45) is 5.89. The summed E-state index contributed by atoms with van der Waals surface area (Å²) in [4.78, 5) is 20.9. The van der Waals surface area contributed by atoms with E-state index < -0.39 is 5.41 Å². The van der Waals surface area contributed by atoms with Crippen LogP contribution in [-0.4, -0.2) is 35.1 Å². The van der Waals surface area contributed by atoms with Crippen LogP contribution in [-0.2, 0) is 17.8 Å². The number of carbonyl (C=O) groups excluding carboxylic acids is 1. The summed E-state index contributed by atoms with van der Waals surface area (Å²) in [7, 11) is 0. The van der Waals surface area contributed by atoms with Crippen molar-refractivity contribution in [2.75, 3.05) is 6.54 Å². The number of hydrogen-bond donors (Lipinski definition) is 1. The second-order valence-corrected chi connectivity index (χ2v) is 11.1. The Hall–Kier alpha value is -1.98. The molecule has 0 radical (unpaired) electrons. The second kappa shape index (κ2) is 7.86. The fraction of sp³-hybridized carbons (Fsp3) is 0.538. The number of thiophene rings is 1. The van der Waals surface area contributed by atoms with Crippen molar-refractivity contribution < 1.29 is 4.79 Å². The summed E-state index contributed by atoms with van der Waals surface area (Å²) < 4.78 is 0. The maximum Gasteiger partial charge on any atom is 0.229 e. The van der Waals surface area contributed by atoms with Gasteiger partial charge in [0.15, 0.2) is 0 Å². The van der Waals surface area contributed by atoms with Gasteiger partial charge in [-0.15, -0.1) is 0 Å². The lowest BCUT2D eigenvalue weighted by molar-refractivity contribution is -0.147. The molecule has 5 heteroatoms. The minimum atomic E-state index is -0.606. The molecule has 5 atom stereocenters. The molecule has 4 aliphatic rings. The van der Waals surface area contributed by atoms with Crippen molar-refractivity contribution in [3.8, 4) is 0 Å². The third-order valence-electron chi connectivity index (χ3n) is 8.02. The fourth-order valence-corrected chi connectivity index (χ4v) is 7.43. The number of piperidine rings is 1. The van der Waals surface area contributed by atoms with Gasteiger partial charge in [0, 0.05) is 25.2 Å². The zero-order valence-electron chi connectivity index (χ0n) is 18.5. The molecular weight excluding hydrogens is 402 g/mol. The molecule has 0 unspecified atom stereocenters. The van der Waals surface area contributed by atoms with Crippen LogP contribution < -0.4 is 5.73 Å². The van der Waals surface area contributed by atoms with Gasteiger partial charge in [0.1, 0.15) is 0 Å². The molecule has 0 spiro atoms. The van der Waals surface area contributed by atoms with Gasteiger partial charge < -0.3 is 5.73 Å². The van der Waals surface area contributed by atoms with Crippen molar-refractivity contribution in [1.82, 2.24) is 4.90 Å². The Balaban J connectivity index is 1.62. The van der Waals surface area contributed by atoms with E-state index in [2.05, 4.69) is 65.9 Å². The molecule has 2 aromatic rings. The number of aliphatic imine (C=N–C) groups is 1. The Kier molecular flexibility index (Phi) is 5.30. The maximum absolute atomic E-state index is 13.0. The quantitative estimate of drug-likeness (QED) is 0.694. The van der Waals surface area contributed by atoms with Gasteiger partial charge in [-0.1, -0.05) is 44.2 Å². The summed E-state index contributed by atoms with van der Waals surface area (Å²) in [6, 6.07) is 13.2. The first-order chi connectivity index (χ1) is 14.9. The van der Waals surface area contributed by atoms with Crippen molar-refractivity contribution >= 4 is 23.5 Å². The van der Waals surface area contributed by atoms with Crippen molar-refractivity contribution in [1.29, 1.82) is 0 Å². The Labute approximate surface area is 189 Å². The van der Waals surface area contributed by atoms with Crippen LogP contribution in [0.2, 0.25) is 0 Å². The van der Waals surface area contributed by atoms with Crippen molar-refractivity contribution in [3.05, 3.63) is 58.3 Å². The average molecular weight is 436 g/mol. The minimum Gasteiger partial charge on any atom is -0.369 e. The van der Waals surface area contributed by atoms with Crippen molar-refractivity contribution in [2.45, 2.75) is 57.7 Å². The van der Waals surface area contributed by atoms with Crippen LogP contribution in [0.1, 0.15) is 44.2 Å². The first-order valence-electron chi connectivity index (χ1n) is 11.6. The lowest BCUT2D eigenvalue weighted by atomic mass is 9.47. The van der Waals surface area contributed by atoms with E-state index >= 15 is 0 Å². The van der Waals surface area contributed by atoms with Crippen LogP contribution in [0, 0.1) is 23.2 Å². The number of carbonyl (C=O) groups is 1. The molecule has 4 nitrogen and oxygen atoms in total. The van der Waals surface area contributed by atoms with E-state index in [1.807, 2.05) is 6.21 Å². The molecule has 6 rings (SSSR count). The maximum atomic E-state index is 13.0. The predicted molar refractivity (Wildman–Crippen MR) is 127 cm³/mol. The van der Waals surface area contributed by atoms with Crippen molar-refractivity contribution in [2.24, 2.45) is 33.9 Å². The lowest BCUT2D eigenvalue weighted by Gasteiger charge is -2.66. The normalized spacial score (nSPS) is 34.4. The van der Waals surface area contributed by atoms with Gasteiger partial charge in [-0.25, -0.2) is 0 Å². The summed E-state index contributed by atoms with van der Waals surface area (Å²) >= 11 is 1.76. The molecule has 2 fully saturated rings. The first kappa shape index (κ1) is 20.9. The molecule has 31 heavy (non-hydrogen) atoms. The van der Waals surface area contributed by atoms with E-state index in [9.17, 15) is 4.79 Å². The lowest BCUT2D eigenvalue weighted by Crippen LogP contribution is -2.75. The van der Waals surface area contributed by atoms with Gasteiger partial charge in [-0.2, -0.15) is 11.3 Å². The molecule has 1 saturated carbocycles. The number of nitrogens with two attached hydrogens (primary N) is 1. The van der Waals surface area contributed by atoms with E-state index in [-0.39, 0.29) is 23.4 Å². The molecule has 1 aliphatic carbocycles. The predicted octanol–water partition coefficient (Wildman–Crippen LogP) is 4.54. The topological polar surface area (TPSA) is 58.7 Å². The van der Waals surface area contributed by atoms with Crippen LogP contribution in [0.3, 0.4) is 0 Å². The number of primary amides is 1. The van der Waals surface area contributed by atoms with Gasteiger partial charge in [0.2, 0.25) is 5.91 Å². The summed E-state index contributed by atoms with van der Waals surface area (Å²) in [5, 5.41) is 4.43. The molecule has 4 heterocycles. The molecule has 164 valence electrons. The number of rotatable bonds is 7. The molecule has 1 aromatic carbocycles. The van der Waals surface area contributed by atoms with Crippen LogP contribution in [0.15, 0.2) is 52.2 Å². The second-order valence-electron chi connectivity index (χ2n) is 10.3. The molecule has 1 aromatic heterocycles. The fourth-order valence-electron chi connectivity index (χ4n) is 6.76. The van der Waals surface area contributed by atoms with Crippen LogP contribution >= 0.6 is 11.3 Å². The Bertz CT molecular complexity index is 956. The highest BCUT2D eigenvalue weighted by Gasteiger charge is 2.67. The van der Waals surface area contributed by atoms with Gasteiger partial charge in [0.05, 0.1) is 11.0 Å². The van der Waals surface area contributed by atoms with Crippen molar-refractivity contribution in [3.63, 3.8) is 0 Å². The van der Waals surface area contributed by atoms with E-state index in [0.29, 0.717) is 11.8 Å². The summed E-state index contributed by atoms with van der Waals surface area (Å²) in [6.45, 7) is 6.50. The number of benzene rings is 1. The standard InChI is InChI=1S/C26H33N3OS/c1-18(2)12-22-23-26(13-20-9-11-31-16-20)21(14-25(22,17-28-26)24(27)30)8-10-29(23)15-19-6-4-3-5-7-19/h3-7,9,11,16-18,21-23H,8,10,12-15H2,1-2H3,(H2,27,30)/t21-,22+,23+,25+,26+/m1/s1. The number of likely N-dealkylation sites (tertiary alicyclic amines) is 1. The number of hydrogen-bond acceptors (Lipinski definition) is 4. The average Bonchev–Trinajstić information content (AvgIpc) is 3.25. The highest BCUT2D eigenvalue weighted by atomic mass is 32.1. The third-order valence-corrected chi connectivity index (χ3v) is 8.75. The number of amides is 1. The molecule has 2 N–H and O–H groups in total. The zero-order valence-corrected chi connectivity index (χ0v) is 19.4. The van der Waals surface area contributed by atoms with Gasteiger partial charge in [0.25, 0.3) is 0 Å². The first-order valence-corrected chi connectivity index (χ1v) is 12.5. The van der Waals surface area contributed by atoms with Crippen LogP contribution in [0.4, 0.5) is 0 Å². The smallest absolute Gasteiger partial charge is 0.229 e. The SMILES string of the molecule is CC(C)C[C@H]1[C@@H]2N(Cc3ccccc3)CC[C@@H]3C[C@]1(C(N)=O)C=N[C@@]32Cc1ccsc1. The monoisotopic (exact) mass is 435 g/mol. The van der Waals surface area contributed by atoms with E-state index in [0.717, 1.165) is 38.8 Å². The highest BCUT2D eigenvalue weighted by Crippen LogP contribution is 2.60. The van der Waals surface area contributed by atoms with Crippen LogP contribution in [0.5, 0.6) is 0 Å². The largest absolute Gasteiger partial charge is 0.369 e. The Morgan fingerprint density at radius 2 is 2.06 bits per heavy atom. The molecule has 1 amide bonds. The minimum absolute atomic E-state index is 0.162.